The summed E-state index contributed by atoms with van der Waals surface area (Å²) >= 11 is 7.98. The van der Waals surface area contributed by atoms with Crippen LogP contribution in [-0.4, -0.2) is 35.7 Å². The first-order chi connectivity index (χ1) is 10.1. The zero-order chi connectivity index (χ0) is 14.9. The lowest BCUT2D eigenvalue weighted by Gasteiger charge is -2.37. The summed E-state index contributed by atoms with van der Waals surface area (Å²) in [5, 5.41) is 8.24. The van der Waals surface area contributed by atoms with Gasteiger partial charge in [0.25, 0.3) is 0 Å². The third-order valence-corrected chi connectivity index (χ3v) is 5.50. The fourth-order valence-corrected chi connectivity index (χ4v) is 4.48. The molecule has 1 spiro atoms. The van der Waals surface area contributed by atoms with Gasteiger partial charge in [0, 0.05) is 23.6 Å². The van der Waals surface area contributed by atoms with Crippen molar-refractivity contribution in [1.29, 1.82) is 5.41 Å². The van der Waals surface area contributed by atoms with Crippen LogP contribution in [0.1, 0.15) is 24.8 Å². The van der Waals surface area contributed by atoms with Crippen LogP contribution >= 0.6 is 23.4 Å². The van der Waals surface area contributed by atoms with Gasteiger partial charge >= 0.3 is 0 Å². The van der Waals surface area contributed by atoms with Gasteiger partial charge in [0.1, 0.15) is 17.7 Å². The van der Waals surface area contributed by atoms with Crippen LogP contribution in [0.3, 0.4) is 0 Å². The molecule has 0 amide bonds. The summed E-state index contributed by atoms with van der Waals surface area (Å²) in [6.45, 7) is 0.723. The van der Waals surface area contributed by atoms with Crippen LogP contribution in [0.15, 0.2) is 18.2 Å². The number of amidine groups is 1. The standard InChI is InChI=1S/C15H19ClN2O2S/c16-10-1-2-12(14(17)18)13(7-10)20-11-3-5-19-15(8-11)4-6-21-9-15/h1-2,7,11H,3-6,8-9H2,(H3,17,18). The zero-order valence-corrected chi connectivity index (χ0v) is 13.3. The number of nitrogens with one attached hydrogen (secondary N) is 1. The summed E-state index contributed by atoms with van der Waals surface area (Å²) in [5.41, 5.74) is 6.19. The lowest BCUT2D eigenvalue weighted by molar-refractivity contribution is -0.0959. The van der Waals surface area contributed by atoms with E-state index < -0.39 is 0 Å². The first-order valence-corrected chi connectivity index (χ1v) is 8.64. The van der Waals surface area contributed by atoms with Gasteiger partial charge in [-0.05, 0) is 30.4 Å². The molecule has 21 heavy (non-hydrogen) atoms. The molecule has 2 saturated heterocycles. The lowest BCUT2D eigenvalue weighted by atomic mass is 9.91. The number of thioether (sulfide) groups is 1. The Balaban J connectivity index is 1.77. The van der Waals surface area contributed by atoms with Gasteiger partial charge in [0.05, 0.1) is 17.8 Å². The van der Waals surface area contributed by atoms with Crippen molar-refractivity contribution in [2.45, 2.75) is 31.0 Å². The SMILES string of the molecule is N=C(N)c1ccc(Cl)cc1OC1CCOC2(CCSC2)C1. The Morgan fingerprint density at radius 2 is 2.38 bits per heavy atom. The van der Waals surface area contributed by atoms with Gasteiger partial charge in [-0.1, -0.05) is 11.6 Å². The van der Waals surface area contributed by atoms with Crippen LogP contribution < -0.4 is 10.5 Å². The molecule has 2 heterocycles. The molecule has 2 fully saturated rings. The van der Waals surface area contributed by atoms with E-state index in [1.165, 1.54) is 0 Å². The Bertz CT molecular complexity index is 546. The number of rotatable bonds is 3. The second kappa shape index (κ2) is 6.07. The van der Waals surface area contributed by atoms with Gasteiger partial charge in [0.15, 0.2) is 0 Å². The number of halogens is 1. The van der Waals surface area contributed by atoms with E-state index in [1.807, 2.05) is 11.8 Å². The quantitative estimate of drug-likeness (QED) is 0.661. The summed E-state index contributed by atoms with van der Waals surface area (Å²) in [6.07, 6.45) is 2.93. The normalized spacial score (nSPS) is 28.7. The first-order valence-electron chi connectivity index (χ1n) is 7.10. The van der Waals surface area contributed by atoms with Gasteiger partial charge < -0.3 is 15.2 Å². The molecule has 0 bridgehead atoms. The predicted molar refractivity (Wildman–Crippen MR) is 86.7 cm³/mol. The van der Waals surface area contributed by atoms with E-state index in [0.29, 0.717) is 16.3 Å². The number of nitrogens with two attached hydrogens (primary N) is 1. The van der Waals surface area contributed by atoms with E-state index >= 15 is 0 Å². The number of nitrogen functional groups attached to an aromatic ring is 1. The molecule has 4 nitrogen and oxygen atoms in total. The van der Waals surface area contributed by atoms with Crippen molar-refractivity contribution in [3.63, 3.8) is 0 Å². The Morgan fingerprint density at radius 3 is 3.10 bits per heavy atom. The summed E-state index contributed by atoms with van der Waals surface area (Å²) < 4.78 is 12.1. The Kier molecular flexibility index (Phi) is 4.33. The third kappa shape index (κ3) is 3.30. The molecule has 2 aliphatic rings. The van der Waals surface area contributed by atoms with Crippen LogP contribution in [0.25, 0.3) is 0 Å². The van der Waals surface area contributed by atoms with Crippen LogP contribution in [0, 0.1) is 5.41 Å². The molecule has 6 heteroatoms. The maximum Gasteiger partial charge on any atom is 0.132 e. The van der Waals surface area contributed by atoms with Crippen molar-refractivity contribution in [3.8, 4) is 5.75 Å². The Hall–Kier alpha value is -0.910. The second-order valence-corrected chi connectivity index (χ2v) is 7.16. The van der Waals surface area contributed by atoms with Gasteiger partial charge in [-0.3, -0.25) is 5.41 Å². The van der Waals surface area contributed by atoms with Crippen molar-refractivity contribution in [3.05, 3.63) is 28.8 Å². The Labute approximate surface area is 133 Å². The fraction of sp³-hybridized carbons (Fsp3) is 0.533. The van der Waals surface area contributed by atoms with E-state index in [0.717, 1.165) is 37.4 Å². The molecule has 2 atom stereocenters. The predicted octanol–water partition coefficient (Wildman–Crippen LogP) is 3.06. The highest BCUT2D eigenvalue weighted by Gasteiger charge is 2.41. The van der Waals surface area contributed by atoms with Crippen LogP contribution in [0.2, 0.25) is 5.02 Å². The van der Waals surface area contributed by atoms with Gasteiger partial charge in [-0.15, -0.1) is 0 Å². The van der Waals surface area contributed by atoms with E-state index in [-0.39, 0.29) is 17.5 Å². The highest BCUT2D eigenvalue weighted by molar-refractivity contribution is 7.99. The van der Waals surface area contributed by atoms with Crippen LogP contribution in [-0.2, 0) is 4.74 Å². The lowest BCUT2D eigenvalue weighted by Crippen LogP contribution is -2.44. The average Bonchev–Trinajstić information content (AvgIpc) is 2.86. The zero-order valence-electron chi connectivity index (χ0n) is 11.7. The van der Waals surface area contributed by atoms with Crippen molar-refractivity contribution in [2.24, 2.45) is 5.73 Å². The molecule has 1 aromatic rings. The minimum atomic E-state index is -0.0253. The molecule has 0 radical (unpaired) electrons. The highest BCUT2D eigenvalue weighted by Crippen LogP contribution is 2.39. The van der Waals surface area contributed by atoms with Crippen molar-refractivity contribution in [1.82, 2.24) is 0 Å². The molecule has 2 unspecified atom stereocenters. The molecule has 3 N–H and O–H groups in total. The highest BCUT2D eigenvalue weighted by atomic mass is 35.5. The molecule has 3 rings (SSSR count). The molecule has 0 aromatic heterocycles. The van der Waals surface area contributed by atoms with E-state index in [4.69, 9.17) is 32.2 Å². The third-order valence-electron chi connectivity index (χ3n) is 4.04. The summed E-state index contributed by atoms with van der Waals surface area (Å²) in [5.74, 6) is 2.80. The summed E-state index contributed by atoms with van der Waals surface area (Å²) in [6, 6.07) is 5.20. The van der Waals surface area contributed by atoms with E-state index in [9.17, 15) is 0 Å². The smallest absolute Gasteiger partial charge is 0.132 e. The fourth-order valence-electron chi connectivity index (χ4n) is 2.94. The molecule has 2 aliphatic heterocycles. The average molecular weight is 327 g/mol. The monoisotopic (exact) mass is 326 g/mol. The second-order valence-electron chi connectivity index (χ2n) is 5.62. The Morgan fingerprint density at radius 1 is 1.52 bits per heavy atom. The summed E-state index contributed by atoms with van der Waals surface area (Å²) in [7, 11) is 0. The van der Waals surface area contributed by atoms with E-state index in [2.05, 4.69) is 0 Å². The molecule has 0 saturated carbocycles. The summed E-state index contributed by atoms with van der Waals surface area (Å²) in [4.78, 5) is 0. The van der Waals surface area contributed by atoms with Crippen molar-refractivity contribution >= 4 is 29.2 Å². The molecule has 1 aromatic carbocycles. The minimum absolute atomic E-state index is 0.000128. The molecule has 114 valence electrons. The number of benzene rings is 1. The molecule has 0 aliphatic carbocycles. The van der Waals surface area contributed by atoms with Gasteiger partial charge in [0.2, 0.25) is 0 Å². The first kappa shape index (κ1) is 15.0. The molecular weight excluding hydrogens is 308 g/mol. The number of hydrogen-bond donors (Lipinski definition) is 2. The topological polar surface area (TPSA) is 68.3 Å². The van der Waals surface area contributed by atoms with Crippen molar-refractivity contribution < 1.29 is 9.47 Å². The van der Waals surface area contributed by atoms with E-state index in [1.54, 1.807) is 18.2 Å². The molecular formula is C15H19ClN2O2S. The largest absolute Gasteiger partial charge is 0.489 e. The number of ether oxygens (including phenoxy) is 2. The van der Waals surface area contributed by atoms with Gasteiger partial charge in [-0.2, -0.15) is 11.8 Å². The van der Waals surface area contributed by atoms with Crippen LogP contribution in [0.4, 0.5) is 0 Å². The minimum Gasteiger partial charge on any atom is -0.489 e. The van der Waals surface area contributed by atoms with Gasteiger partial charge in [-0.25, -0.2) is 0 Å². The maximum atomic E-state index is 7.65. The number of hydrogen-bond acceptors (Lipinski definition) is 4. The van der Waals surface area contributed by atoms with Crippen molar-refractivity contribution in [2.75, 3.05) is 18.1 Å². The maximum absolute atomic E-state index is 7.65. The van der Waals surface area contributed by atoms with Crippen LogP contribution in [0.5, 0.6) is 5.75 Å².